The Morgan fingerprint density at radius 3 is 2.41 bits per heavy atom. The van der Waals surface area contributed by atoms with Crippen LogP contribution >= 0.6 is 0 Å². The van der Waals surface area contributed by atoms with Crippen molar-refractivity contribution in [2.45, 2.75) is 0 Å². The second kappa shape index (κ2) is 7.41. The lowest BCUT2D eigenvalue weighted by molar-refractivity contribution is 0.271. The van der Waals surface area contributed by atoms with Crippen LogP contribution < -0.4 is 4.90 Å². The van der Waals surface area contributed by atoms with Crippen LogP contribution in [0.1, 0.15) is 5.56 Å². The first-order valence-electron chi connectivity index (χ1n) is 7.58. The number of hydrogen-bond acceptors (Lipinski definition) is 4. The highest BCUT2D eigenvalue weighted by Crippen LogP contribution is 2.12. The lowest BCUT2D eigenvalue weighted by atomic mass is 10.2. The van der Waals surface area contributed by atoms with Gasteiger partial charge < -0.3 is 4.90 Å². The molecule has 1 aliphatic heterocycles. The molecule has 0 unspecified atom stereocenters. The molecular weight excluding hydrogens is 272 g/mol. The van der Waals surface area contributed by atoms with Crippen LogP contribution in [0.3, 0.4) is 0 Å². The van der Waals surface area contributed by atoms with Crippen LogP contribution in [-0.4, -0.2) is 42.4 Å². The highest BCUT2D eigenvalue weighted by atomic mass is 15.5. The molecule has 22 heavy (non-hydrogen) atoms. The van der Waals surface area contributed by atoms with Crippen molar-refractivity contribution in [3.63, 3.8) is 0 Å². The first-order chi connectivity index (χ1) is 10.9. The van der Waals surface area contributed by atoms with Crippen molar-refractivity contribution in [2.75, 3.05) is 31.1 Å². The van der Waals surface area contributed by atoms with Gasteiger partial charge >= 0.3 is 0 Å². The number of rotatable bonds is 4. The number of pyridine rings is 1. The maximum absolute atomic E-state index is 4.50. The molecule has 0 saturated carbocycles. The van der Waals surface area contributed by atoms with Gasteiger partial charge in [0, 0.05) is 25.5 Å². The fourth-order valence-corrected chi connectivity index (χ4v) is 2.43. The molecule has 1 saturated heterocycles. The van der Waals surface area contributed by atoms with Crippen LogP contribution in [0.15, 0.2) is 65.9 Å². The van der Waals surface area contributed by atoms with Crippen molar-refractivity contribution < 1.29 is 0 Å². The van der Waals surface area contributed by atoms with Crippen molar-refractivity contribution in [2.24, 2.45) is 5.10 Å². The molecule has 3 rings (SSSR count). The fourth-order valence-electron chi connectivity index (χ4n) is 2.43. The number of benzene rings is 1. The Morgan fingerprint density at radius 1 is 0.909 bits per heavy atom. The molecule has 0 radical (unpaired) electrons. The molecule has 0 amide bonds. The summed E-state index contributed by atoms with van der Waals surface area (Å²) in [4.78, 5) is 6.69. The van der Waals surface area contributed by atoms with Gasteiger partial charge in [0.05, 0.1) is 13.1 Å². The zero-order chi connectivity index (χ0) is 15.0. The Hall–Kier alpha value is -2.62. The first-order valence-corrected chi connectivity index (χ1v) is 7.58. The number of hydrazone groups is 1. The van der Waals surface area contributed by atoms with E-state index in [1.807, 2.05) is 48.8 Å². The molecule has 2 heterocycles. The maximum Gasteiger partial charge on any atom is 0.128 e. The summed E-state index contributed by atoms with van der Waals surface area (Å²) in [6.07, 6.45) is 7.76. The number of anilines is 1. The lowest BCUT2D eigenvalue weighted by Gasteiger charge is -2.33. The van der Waals surface area contributed by atoms with E-state index in [-0.39, 0.29) is 0 Å². The zero-order valence-corrected chi connectivity index (χ0v) is 12.5. The molecule has 1 aliphatic rings. The standard InChI is InChI=1S/C18H20N4/c1-2-7-17(8-3-1)9-6-12-20-22-15-13-21(14-16-22)18-10-4-5-11-19-18/h1-12H,13-16H2/b9-6+,20-12?. The molecule has 0 aliphatic carbocycles. The Balaban J connectivity index is 1.48. The fraction of sp³-hybridized carbons (Fsp3) is 0.222. The van der Waals surface area contributed by atoms with E-state index in [1.54, 1.807) is 0 Å². The van der Waals surface area contributed by atoms with Crippen molar-refractivity contribution in [3.05, 3.63) is 66.4 Å². The largest absolute Gasteiger partial charge is 0.353 e. The molecule has 4 nitrogen and oxygen atoms in total. The second-order valence-corrected chi connectivity index (χ2v) is 5.16. The van der Waals surface area contributed by atoms with E-state index in [9.17, 15) is 0 Å². The molecule has 2 aromatic rings. The average molecular weight is 292 g/mol. The van der Waals surface area contributed by atoms with E-state index in [1.165, 1.54) is 5.56 Å². The maximum atomic E-state index is 4.50. The van der Waals surface area contributed by atoms with E-state index in [4.69, 9.17) is 0 Å². The normalized spacial score (nSPS) is 15.8. The van der Waals surface area contributed by atoms with Crippen molar-refractivity contribution >= 4 is 18.1 Å². The number of allylic oxidation sites excluding steroid dienone is 1. The third-order valence-electron chi connectivity index (χ3n) is 3.63. The molecule has 0 spiro atoms. The third kappa shape index (κ3) is 3.95. The molecule has 0 bridgehead atoms. The van der Waals surface area contributed by atoms with Gasteiger partial charge in [-0.15, -0.1) is 0 Å². The minimum atomic E-state index is 0.923. The van der Waals surface area contributed by atoms with E-state index in [2.05, 4.69) is 44.3 Å². The number of hydrogen-bond donors (Lipinski definition) is 0. The van der Waals surface area contributed by atoms with Gasteiger partial charge in [0.25, 0.3) is 0 Å². The van der Waals surface area contributed by atoms with Gasteiger partial charge in [-0.3, -0.25) is 5.01 Å². The van der Waals surface area contributed by atoms with Gasteiger partial charge in [-0.05, 0) is 23.8 Å². The van der Waals surface area contributed by atoms with Crippen molar-refractivity contribution in [1.29, 1.82) is 0 Å². The monoisotopic (exact) mass is 292 g/mol. The average Bonchev–Trinajstić information content (AvgIpc) is 2.61. The van der Waals surface area contributed by atoms with Crippen LogP contribution in [0.25, 0.3) is 6.08 Å². The Labute approximate surface area is 131 Å². The molecule has 0 N–H and O–H groups in total. The van der Waals surface area contributed by atoms with Crippen LogP contribution in [0.5, 0.6) is 0 Å². The van der Waals surface area contributed by atoms with Crippen LogP contribution in [0.2, 0.25) is 0 Å². The molecule has 1 aromatic heterocycles. The summed E-state index contributed by atoms with van der Waals surface area (Å²) in [6.45, 7) is 3.76. The van der Waals surface area contributed by atoms with E-state index < -0.39 is 0 Å². The van der Waals surface area contributed by atoms with Crippen molar-refractivity contribution in [1.82, 2.24) is 9.99 Å². The summed E-state index contributed by atoms with van der Waals surface area (Å²) in [6, 6.07) is 16.3. The topological polar surface area (TPSA) is 31.7 Å². The predicted molar refractivity (Wildman–Crippen MR) is 92.0 cm³/mol. The Kier molecular flexibility index (Phi) is 4.82. The predicted octanol–water partition coefficient (Wildman–Crippen LogP) is 2.90. The van der Waals surface area contributed by atoms with Gasteiger partial charge in [0.15, 0.2) is 0 Å². The zero-order valence-electron chi connectivity index (χ0n) is 12.5. The van der Waals surface area contributed by atoms with Crippen LogP contribution in [0, 0.1) is 0 Å². The van der Waals surface area contributed by atoms with Crippen LogP contribution in [-0.2, 0) is 0 Å². The van der Waals surface area contributed by atoms with Crippen molar-refractivity contribution in [3.8, 4) is 0 Å². The SMILES string of the molecule is C(/C=C/c1ccccc1)=NN1CCN(c2ccccn2)CC1. The van der Waals surface area contributed by atoms with Gasteiger partial charge in [-0.1, -0.05) is 42.5 Å². The van der Waals surface area contributed by atoms with Gasteiger partial charge in [-0.25, -0.2) is 4.98 Å². The quantitative estimate of drug-likeness (QED) is 0.812. The highest BCUT2D eigenvalue weighted by Gasteiger charge is 2.15. The summed E-state index contributed by atoms with van der Waals surface area (Å²) >= 11 is 0. The Morgan fingerprint density at radius 2 is 1.68 bits per heavy atom. The number of piperazine rings is 1. The summed E-state index contributed by atoms with van der Waals surface area (Å²) in [5.74, 6) is 1.05. The minimum absolute atomic E-state index is 0.923. The Bertz CT molecular complexity index is 614. The second-order valence-electron chi connectivity index (χ2n) is 5.16. The summed E-state index contributed by atoms with van der Waals surface area (Å²) < 4.78 is 0. The minimum Gasteiger partial charge on any atom is -0.353 e. The lowest BCUT2D eigenvalue weighted by Crippen LogP contribution is -2.44. The third-order valence-corrected chi connectivity index (χ3v) is 3.63. The van der Waals surface area contributed by atoms with E-state index >= 15 is 0 Å². The summed E-state index contributed by atoms with van der Waals surface area (Å²) in [5, 5.41) is 6.61. The molecular formula is C18H20N4. The first kappa shape index (κ1) is 14.3. The van der Waals surface area contributed by atoms with Gasteiger partial charge in [0.2, 0.25) is 0 Å². The van der Waals surface area contributed by atoms with E-state index in [0.717, 1.165) is 32.0 Å². The van der Waals surface area contributed by atoms with E-state index in [0.29, 0.717) is 0 Å². The smallest absolute Gasteiger partial charge is 0.128 e. The number of nitrogens with zero attached hydrogens (tertiary/aromatic N) is 4. The molecule has 0 atom stereocenters. The summed E-state index contributed by atoms with van der Waals surface area (Å²) in [7, 11) is 0. The summed E-state index contributed by atoms with van der Waals surface area (Å²) in [5.41, 5.74) is 1.19. The molecule has 112 valence electrons. The molecule has 1 fully saturated rings. The van der Waals surface area contributed by atoms with Crippen LogP contribution in [0.4, 0.5) is 5.82 Å². The number of aromatic nitrogens is 1. The molecule has 1 aromatic carbocycles. The molecule has 4 heteroatoms. The highest BCUT2D eigenvalue weighted by molar-refractivity contribution is 5.77. The van der Waals surface area contributed by atoms with Gasteiger partial charge in [0.1, 0.15) is 5.82 Å². The van der Waals surface area contributed by atoms with Gasteiger partial charge in [-0.2, -0.15) is 5.10 Å².